The number of carbonyl (C=O) groups is 3. The minimum absolute atomic E-state index is 0.0312. The molecule has 5 rings (SSSR count). The van der Waals surface area contributed by atoms with Crippen LogP contribution in [0.3, 0.4) is 0 Å². The molecule has 0 aromatic heterocycles. The van der Waals surface area contributed by atoms with Gasteiger partial charge in [-0.25, -0.2) is 0 Å². The van der Waals surface area contributed by atoms with E-state index in [9.17, 15) is 14.4 Å². The first-order valence-electron chi connectivity index (χ1n) is 11.4. The summed E-state index contributed by atoms with van der Waals surface area (Å²) in [4.78, 5) is 42.4. The van der Waals surface area contributed by atoms with Crippen LogP contribution in [0.15, 0.2) is 42.5 Å². The summed E-state index contributed by atoms with van der Waals surface area (Å²) in [5, 5.41) is 2.92. The van der Waals surface area contributed by atoms with Crippen LogP contribution in [-0.4, -0.2) is 55.0 Å². The van der Waals surface area contributed by atoms with Gasteiger partial charge in [-0.3, -0.25) is 19.3 Å². The van der Waals surface area contributed by atoms with Gasteiger partial charge in [-0.1, -0.05) is 25.3 Å². The maximum atomic E-state index is 13.0. The number of morpholine rings is 1. The highest BCUT2D eigenvalue weighted by Crippen LogP contribution is 2.31. The number of nitrogens with zero attached hydrogens (tertiary/aromatic N) is 2. The van der Waals surface area contributed by atoms with Crippen molar-refractivity contribution in [3.63, 3.8) is 0 Å². The molecule has 0 bridgehead atoms. The van der Waals surface area contributed by atoms with Crippen LogP contribution in [0.5, 0.6) is 0 Å². The van der Waals surface area contributed by atoms with Crippen LogP contribution in [0.4, 0.5) is 11.4 Å². The summed E-state index contributed by atoms with van der Waals surface area (Å²) in [5.74, 6) is -0.814. The average molecular weight is 434 g/mol. The Morgan fingerprint density at radius 3 is 2.44 bits per heavy atom. The minimum atomic E-state index is -0.303. The van der Waals surface area contributed by atoms with Gasteiger partial charge in [0.1, 0.15) is 0 Å². The summed E-state index contributed by atoms with van der Waals surface area (Å²) in [6, 6.07) is 12.5. The molecule has 2 fully saturated rings. The zero-order chi connectivity index (χ0) is 22.1. The van der Waals surface area contributed by atoms with Crippen molar-refractivity contribution in [2.45, 2.75) is 38.1 Å². The molecule has 7 nitrogen and oxygen atoms in total. The zero-order valence-corrected chi connectivity index (χ0v) is 18.0. The highest BCUT2D eigenvalue weighted by molar-refractivity contribution is 6.22. The van der Waals surface area contributed by atoms with E-state index in [0.29, 0.717) is 35.6 Å². The van der Waals surface area contributed by atoms with E-state index in [-0.39, 0.29) is 23.8 Å². The topological polar surface area (TPSA) is 79.0 Å². The first-order valence-corrected chi connectivity index (χ1v) is 11.4. The molecule has 7 heteroatoms. The summed E-state index contributed by atoms with van der Waals surface area (Å²) >= 11 is 0. The molecule has 166 valence electrons. The van der Waals surface area contributed by atoms with Gasteiger partial charge in [0.05, 0.1) is 24.3 Å². The second kappa shape index (κ2) is 8.74. The van der Waals surface area contributed by atoms with Crippen molar-refractivity contribution in [1.29, 1.82) is 0 Å². The summed E-state index contributed by atoms with van der Waals surface area (Å²) in [5.41, 5.74) is 2.81. The maximum absolute atomic E-state index is 13.0. The van der Waals surface area contributed by atoms with Gasteiger partial charge in [-0.05, 0) is 49.2 Å². The molecular weight excluding hydrogens is 406 g/mol. The van der Waals surface area contributed by atoms with Crippen LogP contribution in [-0.2, 0) is 4.74 Å². The maximum Gasteiger partial charge on any atom is 0.261 e. The summed E-state index contributed by atoms with van der Waals surface area (Å²) in [7, 11) is 0. The third-order valence-electron chi connectivity index (χ3n) is 6.60. The number of hydrogen-bond donors (Lipinski definition) is 1. The Balaban J connectivity index is 1.33. The van der Waals surface area contributed by atoms with Crippen LogP contribution < -0.4 is 10.2 Å². The van der Waals surface area contributed by atoms with E-state index < -0.39 is 0 Å². The molecule has 0 radical (unpaired) electrons. The molecule has 0 spiro atoms. The van der Waals surface area contributed by atoms with Gasteiger partial charge in [0.2, 0.25) is 0 Å². The fourth-order valence-corrected chi connectivity index (χ4v) is 4.88. The first kappa shape index (κ1) is 20.7. The van der Waals surface area contributed by atoms with Gasteiger partial charge >= 0.3 is 0 Å². The van der Waals surface area contributed by atoms with E-state index in [2.05, 4.69) is 10.2 Å². The number of fused-ring (bicyclic) bond motifs is 1. The Hall–Kier alpha value is -3.19. The largest absolute Gasteiger partial charge is 0.378 e. The number of hydrogen-bond acceptors (Lipinski definition) is 5. The Morgan fingerprint density at radius 2 is 1.66 bits per heavy atom. The molecule has 1 saturated heterocycles. The van der Waals surface area contributed by atoms with Crippen molar-refractivity contribution in [1.82, 2.24) is 4.90 Å². The highest BCUT2D eigenvalue weighted by Gasteiger charge is 2.40. The molecular formula is C25H27N3O4. The predicted molar refractivity (Wildman–Crippen MR) is 121 cm³/mol. The normalized spacial score (nSPS) is 19.2. The molecule has 0 unspecified atom stereocenters. The third-order valence-corrected chi connectivity index (χ3v) is 6.60. The number of rotatable bonds is 4. The van der Waals surface area contributed by atoms with E-state index in [1.807, 2.05) is 24.3 Å². The number of carbonyl (C=O) groups excluding carboxylic acids is 3. The molecule has 32 heavy (non-hydrogen) atoms. The van der Waals surface area contributed by atoms with Gasteiger partial charge in [-0.2, -0.15) is 0 Å². The second-order valence-corrected chi connectivity index (χ2v) is 8.64. The van der Waals surface area contributed by atoms with E-state index in [4.69, 9.17) is 4.74 Å². The predicted octanol–water partition coefficient (Wildman–Crippen LogP) is 3.70. The molecule has 3 amide bonds. The molecule has 2 aliphatic heterocycles. The molecule has 1 aliphatic carbocycles. The van der Waals surface area contributed by atoms with E-state index in [0.717, 1.165) is 50.9 Å². The van der Waals surface area contributed by atoms with Crippen LogP contribution in [0, 0.1) is 0 Å². The van der Waals surface area contributed by atoms with Crippen molar-refractivity contribution >= 4 is 29.1 Å². The van der Waals surface area contributed by atoms with Crippen molar-refractivity contribution in [3.8, 4) is 0 Å². The van der Waals surface area contributed by atoms with Crippen LogP contribution in [0.25, 0.3) is 0 Å². The van der Waals surface area contributed by atoms with E-state index >= 15 is 0 Å². The number of imide groups is 1. The van der Waals surface area contributed by atoms with Gasteiger partial charge in [0.25, 0.3) is 17.7 Å². The first-order chi connectivity index (χ1) is 15.6. The number of amides is 3. The number of nitrogens with one attached hydrogen (secondary N) is 1. The van der Waals surface area contributed by atoms with Gasteiger partial charge in [0.15, 0.2) is 0 Å². The Kier molecular flexibility index (Phi) is 5.66. The van der Waals surface area contributed by atoms with Crippen LogP contribution in [0.1, 0.15) is 63.2 Å². The Labute approximate surface area is 187 Å². The van der Waals surface area contributed by atoms with Crippen molar-refractivity contribution in [3.05, 3.63) is 59.2 Å². The van der Waals surface area contributed by atoms with Crippen molar-refractivity contribution in [2.75, 3.05) is 36.5 Å². The van der Waals surface area contributed by atoms with E-state index in [1.165, 1.54) is 4.90 Å². The summed E-state index contributed by atoms with van der Waals surface area (Å²) in [6.07, 6.45) is 4.94. The Morgan fingerprint density at radius 1 is 0.906 bits per heavy atom. The second-order valence-electron chi connectivity index (χ2n) is 8.64. The van der Waals surface area contributed by atoms with Crippen LogP contribution in [0.2, 0.25) is 0 Å². The third kappa shape index (κ3) is 3.88. The monoisotopic (exact) mass is 433 g/mol. The van der Waals surface area contributed by atoms with Crippen LogP contribution >= 0.6 is 0 Å². The zero-order valence-electron chi connectivity index (χ0n) is 18.0. The molecule has 1 N–H and O–H groups in total. The summed E-state index contributed by atoms with van der Waals surface area (Å²) in [6.45, 7) is 3.01. The number of benzene rings is 2. The molecule has 2 heterocycles. The standard InChI is InChI=1S/C25H27N3O4/c29-23(26-18-5-4-8-20(16-18)27-11-13-32-14-12-27)17-9-10-21-22(15-17)25(31)28(24(21)30)19-6-2-1-3-7-19/h4-5,8-10,15-16,19H,1-3,6-7,11-14H2,(H,26,29). The minimum Gasteiger partial charge on any atom is -0.378 e. The highest BCUT2D eigenvalue weighted by atomic mass is 16.5. The quantitative estimate of drug-likeness (QED) is 0.744. The summed E-state index contributed by atoms with van der Waals surface area (Å²) < 4.78 is 5.41. The van der Waals surface area contributed by atoms with Gasteiger partial charge in [0, 0.05) is 36.1 Å². The smallest absolute Gasteiger partial charge is 0.261 e. The van der Waals surface area contributed by atoms with Gasteiger partial charge < -0.3 is 15.0 Å². The lowest BCUT2D eigenvalue weighted by molar-refractivity contribution is 0.0549. The molecule has 2 aromatic rings. The number of anilines is 2. The lowest BCUT2D eigenvalue weighted by Gasteiger charge is -2.29. The van der Waals surface area contributed by atoms with Crippen molar-refractivity contribution in [2.24, 2.45) is 0 Å². The molecule has 1 saturated carbocycles. The fraction of sp³-hybridized carbons (Fsp3) is 0.400. The molecule has 3 aliphatic rings. The SMILES string of the molecule is O=C(Nc1cccc(N2CCOCC2)c1)c1ccc2c(c1)C(=O)N(C1CCCCC1)C2=O. The Bertz CT molecular complexity index is 1050. The average Bonchev–Trinajstić information content (AvgIpc) is 3.09. The fourth-order valence-electron chi connectivity index (χ4n) is 4.88. The molecule has 2 aromatic carbocycles. The van der Waals surface area contributed by atoms with E-state index in [1.54, 1.807) is 18.2 Å². The number of ether oxygens (including phenoxy) is 1. The van der Waals surface area contributed by atoms with Crippen molar-refractivity contribution < 1.29 is 19.1 Å². The molecule has 0 atom stereocenters. The lowest BCUT2D eigenvalue weighted by Crippen LogP contribution is -2.40. The lowest BCUT2D eigenvalue weighted by atomic mass is 9.94. The van der Waals surface area contributed by atoms with Gasteiger partial charge in [-0.15, -0.1) is 0 Å².